The van der Waals surface area contributed by atoms with E-state index >= 15 is 0 Å². The lowest BCUT2D eigenvalue weighted by Gasteiger charge is -1.96. The van der Waals surface area contributed by atoms with Crippen LogP contribution in [0.5, 0.6) is 0 Å². The molecule has 0 radical (unpaired) electrons. The van der Waals surface area contributed by atoms with Crippen molar-refractivity contribution in [3.05, 3.63) is 32.3 Å². The number of nitrogens with zero attached hydrogens (tertiary/aromatic N) is 2. The van der Waals surface area contributed by atoms with Crippen molar-refractivity contribution in [3.63, 3.8) is 0 Å². The van der Waals surface area contributed by atoms with Crippen LogP contribution < -0.4 is 10.4 Å². The fourth-order valence-electron chi connectivity index (χ4n) is 3.36. The third kappa shape index (κ3) is 1.89. The Balaban J connectivity index is 2.41. The van der Waals surface area contributed by atoms with Crippen LogP contribution in [0.2, 0.25) is 0 Å². The highest BCUT2D eigenvalue weighted by Gasteiger charge is 2.21. The molecule has 0 bridgehead atoms. The van der Waals surface area contributed by atoms with E-state index in [1.54, 1.807) is 11.3 Å². The van der Waals surface area contributed by atoms with Gasteiger partial charge in [-0.2, -0.15) is 10.5 Å². The molecule has 0 saturated carbocycles. The van der Waals surface area contributed by atoms with Gasteiger partial charge in [-0.05, 0) is 25.0 Å². The van der Waals surface area contributed by atoms with Gasteiger partial charge in [-0.25, -0.2) is 0 Å². The average Bonchev–Trinajstić information content (AvgIpc) is 3.19. The Morgan fingerprint density at radius 3 is 2.09 bits per heavy atom. The van der Waals surface area contributed by atoms with E-state index in [1.807, 2.05) is 11.3 Å². The van der Waals surface area contributed by atoms with Crippen LogP contribution in [-0.2, 0) is 0 Å². The number of hydrogen-bond acceptors (Lipinski definition) is 4. The van der Waals surface area contributed by atoms with Crippen LogP contribution >= 0.6 is 22.7 Å². The Bertz CT molecular complexity index is 1190. The van der Waals surface area contributed by atoms with Crippen molar-refractivity contribution in [1.82, 2.24) is 0 Å². The van der Waals surface area contributed by atoms with Gasteiger partial charge in [0.15, 0.2) is 0 Å². The molecule has 112 valence electrons. The van der Waals surface area contributed by atoms with E-state index in [2.05, 4.69) is 45.0 Å². The highest BCUT2D eigenvalue weighted by atomic mass is 32.1. The molecule has 2 nitrogen and oxygen atoms in total. The highest BCUT2D eigenvalue weighted by Crippen LogP contribution is 2.37. The minimum Gasteiger partial charge on any atom is -0.193 e. The molecule has 0 unspecified atom stereocenters. The maximum atomic E-state index is 9.58. The van der Waals surface area contributed by atoms with Gasteiger partial charge >= 0.3 is 0 Å². The van der Waals surface area contributed by atoms with Gasteiger partial charge < -0.3 is 0 Å². The van der Waals surface area contributed by atoms with Gasteiger partial charge in [0.2, 0.25) is 0 Å². The summed E-state index contributed by atoms with van der Waals surface area (Å²) in [5, 5.41) is 23.4. The molecule has 0 atom stereocenters. The summed E-state index contributed by atoms with van der Waals surface area (Å²) in [4.78, 5) is 2.58. The zero-order chi connectivity index (χ0) is 16.3. The van der Waals surface area contributed by atoms with Crippen LogP contribution in [0.1, 0.15) is 35.9 Å². The van der Waals surface area contributed by atoms with Crippen LogP contribution in [0.25, 0.3) is 31.3 Å². The van der Waals surface area contributed by atoms with E-state index in [0.29, 0.717) is 12.3 Å². The lowest BCUT2D eigenvalue weighted by Crippen LogP contribution is -2.25. The summed E-state index contributed by atoms with van der Waals surface area (Å²) in [5.41, 5.74) is 1.47. The van der Waals surface area contributed by atoms with E-state index in [4.69, 9.17) is 0 Å². The maximum Gasteiger partial charge on any atom is 0.0957 e. The van der Waals surface area contributed by atoms with Crippen LogP contribution in [0.4, 0.5) is 0 Å². The zero-order valence-electron chi connectivity index (χ0n) is 13.2. The van der Waals surface area contributed by atoms with Crippen LogP contribution in [0.3, 0.4) is 0 Å². The monoisotopic (exact) mass is 334 g/mol. The summed E-state index contributed by atoms with van der Waals surface area (Å²) in [6.07, 6.45) is 0.471. The van der Waals surface area contributed by atoms with Gasteiger partial charge in [0, 0.05) is 48.5 Å². The first-order valence-corrected chi connectivity index (χ1v) is 9.20. The molecule has 0 amide bonds. The molecule has 4 rings (SSSR count). The molecule has 0 N–H and O–H groups in total. The van der Waals surface area contributed by atoms with Gasteiger partial charge in [0.05, 0.1) is 21.5 Å². The molecule has 23 heavy (non-hydrogen) atoms. The smallest absolute Gasteiger partial charge is 0.0957 e. The topological polar surface area (TPSA) is 47.6 Å². The number of fused-ring (bicyclic) bond motifs is 6. The number of rotatable bonds is 1. The Morgan fingerprint density at radius 2 is 1.52 bits per heavy atom. The molecule has 0 aliphatic heterocycles. The molecule has 1 aliphatic carbocycles. The summed E-state index contributed by atoms with van der Waals surface area (Å²) >= 11 is 3.62. The fraction of sp³-hybridized carbons (Fsp3) is 0.263. The summed E-state index contributed by atoms with van der Waals surface area (Å²) in [7, 11) is 0. The first-order chi connectivity index (χ1) is 11.0. The largest absolute Gasteiger partial charge is 0.193 e. The molecular weight excluding hydrogens is 320 g/mol. The summed E-state index contributed by atoms with van der Waals surface area (Å²) in [6, 6.07) is 9.08. The van der Waals surface area contributed by atoms with Crippen molar-refractivity contribution in [3.8, 4) is 12.1 Å². The highest BCUT2D eigenvalue weighted by molar-refractivity contribution is 7.27. The number of hydrogen-bond donors (Lipinski definition) is 0. The summed E-state index contributed by atoms with van der Waals surface area (Å²) < 4.78 is 2.53. The molecule has 2 heterocycles. The lowest BCUT2D eigenvalue weighted by molar-refractivity contribution is 0.890. The second kappa shape index (κ2) is 4.93. The third-order valence-corrected chi connectivity index (χ3v) is 7.05. The summed E-state index contributed by atoms with van der Waals surface area (Å²) in [5.74, 6) is 0.463. The number of thiophene rings is 2. The van der Waals surface area contributed by atoms with Crippen molar-refractivity contribution in [2.24, 2.45) is 0 Å². The second-order valence-corrected chi connectivity index (χ2v) is 8.59. The van der Waals surface area contributed by atoms with E-state index in [-0.39, 0.29) is 0 Å². The van der Waals surface area contributed by atoms with Gasteiger partial charge in [-0.3, -0.25) is 0 Å². The Hall–Kier alpha value is -2.14. The van der Waals surface area contributed by atoms with Gasteiger partial charge in [-0.1, -0.05) is 13.8 Å². The lowest BCUT2D eigenvalue weighted by atomic mass is 10.1. The van der Waals surface area contributed by atoms with Crippen molar-refractivity contribution in [1.29, 1.82) is 10.5 Å². The van der Waals surface area contributed by atoms with Crippen LogP contribution in [-0.4, -0.2) is 0 Å². The van der Waals surface area contributed by atoms with E-state index < -0.39 is 0 Å². The minimum absolute atomic E-state index is 0.463. The van der Waals surface area contributed by atoms with Gasteiger partial charge in [-0.15, -0.1) is 22.7 Å². The van der Waals surface area contributed by atoms with Crippen molar-refractivity contribution in [2.45, 2.75) is 33.1 Å². The van der Waals surface area contributed by atoms with Gasteiger partial charge in [0.1, 0.15) is 0 Å². The quantitative estimate of drug-likeness (QED) is 0.666. The number of benzene rings is 1. The molecular formula is C19H14N2S2. The maximum absolute atomic E-state index is 9.58. The average molecular weight is 334 g/mol. The van der Waals surface area contributed by atoms with E-state index in [9.17, 15) is 10.5 Å². The van der Waals surface area contributed by atoms with Gasteiger partial charge in [0.25, 0.3) is 0 Å². The minimum atomic E-state index is 0.463. The molecule has 2 aromatic heterocycles. The molecule has 0 saturated heterocycles. The third-order valence-electron chi connectivity index (χ3n) is 4.40. The predicted octanol–water partition coefficient (Wildman–Crippen LogP) is 4.30. The molecule has 1 aliphatic rings. The Kier molecular flexibility index (Phi) is 3.10. The number of aryl methyl sites for hydroxylation is 1. The van der Waals surface area contributed by atoms with E-state index in [0.717, 1.165) is 32.4 Å². The second-order valence-electron chi connectivity index (χ2n) is 6.25. The molecule has 1 aromatic carbocycles. The van der Waals surface area contributed by atoms with Crippen molar-refractivity contribution >= 4 is 54.0 Å². The molecule has 3 aromatic rings. The SMILES string of the molecule is Cc1cc2c3c(c4cc(C(C)C)sc4c2s1)=C(C#N)CC=3C#N. The molecule has 4 heteroatoms. The Morgan fingerprint density at radius 1 is 0.957 bits per heavy atom. The first-order valence-electron chi connectivity index (χ1n) is 7.57. The normalized spacial score (nSPS) is 13.8. The van der Waals surface area contributed by atoms with Crippen molar-refractivity contribution in [2.75, 3.05) is 0 Å². The molecule has 0 fully saturated rings. The molecule has 0 spiro atoms. The van der Waals surface area contributed by atoms with E-state index in [1.165, 1.54) is 19.2 Å². The summed E-state index contributed by atoms with van der Waals surface area (Å²) in [6.45, 7) is 6.50. The van der Waals surface area contributed by atoms with Crippen LogP contribution in [0, 0.1) is 29.6 Å². The zero-order valence-corrected chi connectivity index (χ0v) is 14.8. The Labute approximate surface area is 142 Å². The van der Waals surface area contributed by atoms with Crippen LogP contribution in [0.15, 0.2) is 12.1 Å². The number of nitriles is 2. The predicted molar refractivity (Wildman–Crippen MR) is 97.9 cm³/mol. The standard InChI is InChI=1S/C19H14N2S2/c1-9(2)15-6-14-17-12(8-21)5-11(7-20)16(17)13-4-10(3)22-18(13)19(14)23-15/h4,6,9H,5H2,1-3H3. The fourth-order valence-corrected chi connectivity index (χ4v) is 5.70. The van der Waals surface area contributed by atoms with Crippen molar-refractivity contribution < 1.29 is 0 Å². The first kappa shape index (κ1) is 14.5.